The van der Waals surface area contributed by atoms with Gasteiger partial charge >= 0.3 is 0 Å². The lowest BCUT2D eigenvalue weighted by Crippen LogP contribution is -2.16. The number of aromatic nitrogens is 1. The van der Waals surface area contributed by atoms with E-state index in [0.717, 1.165) is 11.1 Å². The van der Waals surface area contributed by atoms with Crippen molar-refractivity contribution in [3.8, 4) is 0 Å². The number of aryl methyl sites for hydroxylation is 1. The molecule has 1 aromatic heterocycles. The molecule has 104 valence electrons. The van der Waals surface area contributed by atoms with Gasteiger partial charge < -0.3 is 4.84 Å². The van der Waals surface area contributed by atoms with Crippen LogP contribution in [0.5, 0.6) is 0 Å². The Kier molecular flexibility index (Phi) is 4.14. The van der Waals surface area contributed by atoms with E-state index in [1.54, 1.807) is 18.3 Å². The number of nitrogens with zero attached hydrogens (tertiary/aromatic N) is 2. The minimum atomic E-state index is -0.423. The average Bonchev–Trinajstić information content (AvgIpc) is 2.42. The Balaban J connectivity index is 2.23. The molecule has 0 amide bonds. The zero-order valence-corrected chi connectivity index (χ0v) is 12.0. The zero-order chi connectivity index (χ0) is 14.7. The molecule has 0 unspecified atom stereocenters. The fourth-order valence-electron chi connectivity index (χ4n) is 1.77. The predicted octanol–water partition coefficient (Wildman–Crippen LogP) is 3.62. The lowest BCUT2D eigenvalue weighted by atomic mass is 10.1. The Morgan fingerprint density at radius 3 is 2.75 bits per heavy atom. The van der Waals surface area contributed by atoms with Crippen LogP contribution in [0.2, 0.25) is 0 Å². The normalized spacial score (nSPS) is 11.9. The SMILES string of the molecule is Cc1ccn(O[C@@H](C)c2cccc([N+](=O)[O-])c2)c(=S)c1. The van der Waals surface area contributed by atoms with Gasteiger partial charge in [-0.15, -0.1) is 0 Å². The molecule has 20 heavy (non-hydrogen) atoms. The lowest BCUT2D eigenvalue weighted by molar-refractivity contribution is -0.385. The van der Waals surface area contributed by atoms with Gasteiger partial charge in [0.1, 0.15) is 10.7 Å². The van der Waals surface area contributed by atoms with Crippen LogP contribution in [0.1, 0.15) is 24.2 Å². The molecule has 2 aromatic rings. The van der Waals surface area contributed by atoms with Crippen molar-refractivity contribution in [2.75, 3.05) is 0 Å². The first-order valence-electron chi connectivity index (χ1n) is 6.08. The number of nitro groups is 1. The van der Waals surface area contributed by atoms with Crippen LogP contribution in [0, 0.1) is 21.7 Å². The molecule has 2 rings (SSSR count). The second-order valence-corrected chi connectivity index (χ2v) is 4.89. The van der Waals surface area contributed by atoms with E-state index in [1.165, 1.54) is 16.9 Å². The van der Waals surface area contributed by atoms with Crippen LogP contribution in [0.3, 0.4) is 0 Å². The molecule has 0 fully saturated rings. The molecule has 0 N–H and O–H groups in total. The average molecular weight is 290 g/mol. The highest BCUT2D eigenvalue weighted by Crippen LogP contribution is 2.20. The van der Waals surface area contributed by atoms with Crippen LogP contribution in [0.15, 0.2) is 42.6 Å². The third-order valence-electron chi connectivity index (χ3n) is 2.86. The molecule has 0 saturated heterocycles. The number of hydrogen-bond donors (Lipinski definition) is 0. The Morgan fingerprint density at radius 2 is 2.10 bits per heavy atom. The summed E-state index contributed by atoms with van der Waals surface area (Å²) in [6.07, 6.45) is 1.40. The summed E-state index contributed by atoms with van der Waals surface area (Å²) < 4.78 is 2.05. The monoisotopic (exact) mass is 290 g/mol. The largest absolute Gasteiger partial charge is 0.405 e. The number of benzene rings is 1. The number of nitro benzene ring substituents is 1. The summed E-state index contributed by atoms with van der Waals surface area (Å²) in [4.78, 5) is 16.1. The van der Waals surface area contributed by atoms with E-state index >= 15 is 0 Å². The highest BCUT2D eigenvalue weighted by atomic mass is 32.1. The van der Waals surface area contributed by atoms with Crippen molar-refractivity contribution >= 4 is 17.9 Å². The van der Waals surface area contributed by atoms with E-state index in [9.17, 15) is 10.1 Å². The molecule has 0 bridgehead atoms. The van der Waals surface area contributed by atoms with Crippen molar-refractivity contribution in [3.05, 3.63) is 68.5 Å². The molecular weight excluding hydrogens is 276 g/mol. The summed E-state index contributed by atoms with van der Waals surface area (Å²) >= 11 is 5.20. The van der Waals surface area contributed by atoms with E-state index < -0.39 is 4.92 Å². The third-order valence-corrected chi connectivity index (χ3v) is 3.16. The molecule has 0 radical (unpaired) electrons. The number of hydrogen-bond acceptors (Lipinski definition) is 4. The van der Waals surface area contributed by atoms with Gasteiger partial charge in [0.15, 0.2) is 0 Å². The first-order valence-corrected chi connectivity index (χ1v) is 6.49. The summed E-state index contributed by atoms with van der Waals surface area (Å²) in [5.41, 5.74) is 1.82. The Hall–Kier alpha value is -2.21. The fraction of sp³-hybridized carbons (Fsp3) is 0.214. The molecular formula is C14H14N2O3S. The van der Waals surface area contributed by atoms with Crippen molar-refractivity contribution in [2.24, 2.45) is 0 Å². The quantitative estimate of drug-likeness (QED) is 0.490. The first-order chi connectivity index (χ1) is 9.47. The Labute approximate surface area is 121 Å². The van der Waals surface area contributed by atoms with E-state index in [0.29, 0.717) is 4.64 Å². The molecule has 0 aliphatic heterocycles. The van der Waals surface area contributed by atoms with Crippen molar-refractivity contribution in [1.82, 2.24) is 4.73 Å². The van der Waals surface area contributed by atoms with E-state index in [1.807, 2.05) is 26.0 Å². The van der Waals surface area contributed by atoms with Crippen molar-refractivity contribution in [2.45, 2.75) is 20.0 Å². The molecule has 1 heterocycles. The van der Waals surface area contributed by atoms with E-state index in [-0.39, 0.29) is 11.8 Å². The van der Waals surface area contributed by atoms with Crippen LogP contribution in [0.25, 0.3) is 0 Å². The van der Waals surface area contributed by atoms with Crippen molar-refractivity contribution < 1.29 is 9.76 Å². The van der Waals surface area contributed by atoms with E-state index in [2.05, 4.69) is 0 Å². The second kappa shape index (κ2) is 5.83. The van der Waals surface area contributed by atoms with Gasteiger partial charge in [-0.3, -0.25) is 10.1 Å². The number of pyridine rings is 1. The van der Waals surface area contributed by atoms with E-state index in [4.69, 9.17) is 17.1 Å². The molecule has 0 aliphatic rings. The zero-order valence-electron chi connectivity index (χ0n) is 11.1. The lowest BCUT2D eigenvalue weighted by Gasteiger charge is -2.16. The van der Waals surface area contributed by atoms with Gasteiger partial charge in [0, 0.05) is 23.9 Å². The minimum absolute atomic E-state index is 0.0467. The summed E-state index contributed by atoms with van der Waals surface area (Å²) in [7, 11) is 0. The van der Waals surface area contributed by atoms with Crippen LogP contribution in [-0.4, -0.2) is 9.65 Å². The van der Waals surface area contributed by atoms with Crippen LogP contribution in [0.4, 0.5) is 5.69 Å². The predicted molar refractivity (Wildman–Crippen MR) is 78.1 cm³/mol. The van der Waals surface area contributed by atoms with Gasteiger partial charge in [-0.05, 0) is 31.5 Å². The highest BCUT2D eigenvalue weighted by molar-refractivity contribution is 7.71. The first kappa shape index (κ1) is 14.2. The molecule has 5 nitrogen and oxygen atoms in total. The maximum Gasteiger partial charge on any atom is 0.269 e. The van der Waals surface area contributed by atoms with Gasteiger partial charge in [0.2, 0.25) is 0 Å². The van der Waals surface area contributed by atoms with Crippen molar-refractivity contribution in [3.63, 3.8) is 0 Å². The van der Waals surface area contributed by atoms with Crippen molar-refractivity contribution in [1.29, 1.82) is 0 Å². The highest BCUT2D eigenvalue weighted by Gasteiger charge is 2.12. The van der Waals surface area contributed by atoms with Crippen LogP contribution >= 0.6 is 12.2 Å². The summed E-state index contributed by atoms with van der Waals surface area (Å²) in [6.45, 7) is 3.77. The maximum atomic E-state index is 10.8. The Bertz CT molecular complexity index is 697. The standard InChI is InChI=1S/C14H14N2O3S/c1-10-6-7-15(14(20)8-10)19-11(2)12-4-3-5-13(9-12)16(17)18/h3-9,11H,1-2H3/t11-/m0/s1. The third kappa shape index (κ3) is 3.21. The molecule has 6 heteroatoms. The summed E-state index contributed by atoms with van der Waals surface area (Å²) in [5.74, 6) is 0. The van der Waals surface area contributed by atoms with Gasteiger partial charge in [-0.1, -0.05) is 24.4 Å². The van der Waals surface area contributed by atoms with Crippen LogP contribution in [-0.2, 0) is 0 Å². The summed E-state index contributed by atoms with van der Waals surface area (Å²) in [6, 6.07) is 10.1. The molecule has 0 saturated carbocycles. The minimum Gasteiger partial charge on any atom is -0.405 e. The maximum absolute atomic E-state index is 10.8. The molecule has 1 aromatic carbocycles. The van der Waals surface area contributed by atoms with Crippen LogP contribution < -0.4 is 4.84 Å². The fourth-order valence-corrected chi connectivity index (χ4v) is 2.06. The molecule has 1 atom stereocenters. The van der Waals surface area contributed by atoms with Gasteiger partial charge in [0.25, 0.3) is 5.69 Å². The number of non-ortho nitro benzene ring substituents is 1. The smallest absolute Gasteiger partial charge is 0.269 e. The Morgan fingerprint density at radius 1 is 1.35 bits per heavy atom. The van der Waals surface area contributed by atoms with Gasteiger partial charge in [-0.2, -0.15) is 4.73 Å². The topological polar surface area (TPSA) is 57.3 Å². The van der Waals surface area contributed by atoms with Gasteiger partial charge in [0.05, 0.1) is 4.92 Å². The molecule has 0 spiro atoms. The second-order valence-electron chi connectivity index (χ2n) is 4.47. The molecule has 0 aliphatic carbocycles. The number of rotatable bonds is 4. The summed E-state index contributed by atoms with van der Waals surface area (Å²) in [5, 5.41) is 10.8. The van der Waals surface area contributed by atoms with Gasteiger partial charge in [-0.25, -0.2) is 0 Å².